The molecule has 2 atom stereocenters. The van der Waals surface area contributed by atoms with Crippen LogP contribution in [0.25, 0.3) is 0 Å². The first-order chi connectivity index (χ1) is 7.06. The van der Waals surface area contributed by atoms with E-state index in [0.29, 0.717) is 0 Å². The Bertz CT molecular complexity index is 359. The number of nitriles is 1. The lowest BCUT2D eigenvalue weighted by Gasteiger charge is -2.24. The third kappa shape index (κ3) is 1.79. The van der Waals surface area contributed by atoms with Crippen molar-refractivity contribution < 1.29 is 14.3 Å². The number of amides is 1. The van der Waals surface area contributed by atoms with Gasteiger partial charge in [-0.3, -0.25) is 4.79 Å². The molecule has 80 valence electrons. The molecule has 15 heavy (non-hydrogen) atoms. The molecule has 1 amide bonds. The highest BCUT2D eigenvalue weighted by atomic mass is 16.5. The molecule has 7 heteroatoms. The molecule has 0 radical (unpaired) electrons. The summed E-state index contributed by atoms with van der Waals surface area (Å²) in [6, 6.07) is 1.87. The minimum absolute atomic E-state index is 0.0753. The second kappa shape index (κ2) is 4.04. The fourth-order valence-electron chi connectivity index (χ4n) is 1.34. The number of rotatable bonds is 2. The van der Waals surface area contributed by atoms with Crippen LogP contribution in [0.1, 0.15) is 6.92 Å². The second-order valence-electron chi connectivity index (χ2n) is 3.04. The standard InChI is InChI=1S/C8H10N4O3/c1-5(13)11-8(7(14)15-2)6(3-9)4-10-12-8/h6H,4H2,1-2H3,(H,11,13). The van der Waals surface area contributed by atoms with Gasteiger partial charge in [0.2, 0.25) is 5.91 Å². The van der Waals surface area contributed by atoms with Gasteiger partial charge in [0.05, 0.1) is 19.7 Å². The minimum atomic E-state index is -1.67. The van der Waals surface area contributed by atoms with Gasteiger partial charge in [0, 0.05) is 6.92 Å². The average Bonchev–Trinajstić information content (AvgIpc) is 2.59. The van der Waals surface area contributed by atoms with Crippen molar-refractivity contribution in [2.45, 2.75) is 12.6 Å². The Hall–Kier alpha value is -1.97. The van der Waals surface area contributed by atoms with Crippen LogP contribution < -0.4 is 5.32 Å². The number of methoxy groups -OCH3 is 1. The molecule has 7 nitrogen and oxygen atoms in total. The lowest BCUT2D eigenvalue weighted by molar-refractivity contribution is -0.151. The summed E-state index contributed by atoms with van der Waals surface area (Å²) < 4.78 is 4.51. The third-order valence-electron chi connectivity index (χ3n) is 2.02. The van der Waals surface area contributed by atoms with Gasteiger partial charge in [-0.05, 0) is 0 Å². The highest BCUT2D eigenvalue weighted by Crippen LogP contribution is 2.27. The summed E-state index contributed by atoms with van der Waals surface area (Å²) in [6.07, 6.45) is 0. The first-order valence-electron chi connectivity index (χ1n) is 4.22. The smallest absolute Gasteiger partial charge is 0.358 e. The normalized spacial score (nSPS) is 28.2. The zero-order valence-corrected chi connectivity index (χ0v) is 8.35. The number of ether oxygens (including phenoxy) is 1. The van der Waals surface area contributed by atoms with E-state index in [9.17, 15) is 9.59 Å². The van der Waals surface area contributed by atoms with Gasteiger partial charge in [-0.15, -0.1) is 0 Å². The number of hydrogen-bond donors (Lipinski definition) is 1. The Morgan fingerprint density at radius 2 is 2.33 bits per heavy atom. The van der Waals surface area contributed by atoms with E-state index < -0.39 is 23.5 Å². The summed E-state index contributed by atoms with van der Waals surface area (Å²) in [7, 11) is 1.16. The lowest BCUT2D eigenvalue weighted by atomic mass is 9.95. The summed E-state index contributed by atoms with van der Waals surface area (Å²) >= 11 is 0. The third-order valence-corrected chi connectivity index (χ3v) is 2.02. The molecule has 0 saturated heterocycles. The minimum Gasteiger partial charge on any atom is -0.466 e. The van der Waals surface area contributed by atoms with Crippen LogP contribution in [0.4, 0.5) is 0 Å². The van der Waals surface area contributed by atoms with Gasteiger partial charge in [-0.2, -0.15) is 15.5 Å². The summed E-state index contributed by atoms with van der Waals surface area (Å²) in [6.45, 7) is 1.30. The average molecular weight is 210 g/mol. The van der Waals surface area contributed by atoms with Crippen molar-refractivity contribution in [1.29, 1.82) is 5.26 Å². The molecule has 1 N–H and O–H groups in total. The first-order valence-corrected chi connectivity index (χ1v) is 4.22. The highest BCUT2D eigenvalue weighted by Gasteiger charge is 2.52. The maximum atomic E-state index is 11.5. The van der Waals surface area contributed by atoms with E-state index in [2.05, 4.69) is 20.3 Å². The predicted octanol–water partition coefficient (Wildman–Crippen LogP) is -0.403. The molecular formula is C8H10N4O3. The molecule has 0 aromatic heterocycles. The Balaban J connectivity index is 3.06. The van der Waals surface area contributed by atoms with Crippen molar-refractivity contribution in [2.24, 2.45) is 16.1 Å². The van der Waals surface area contributed by atoms with Crippen LogP contribution in [-0.2, 0) is 14.3 Å². The van der Waals surface area contributed by atoms with Gasteiger partial charge in [-0.25, -0.2) is 4.79 Å². The molecule has 0 fully saturated rings. The highest BCUT2D eigenvalue weighted by molar-refractivity contribution is 5.87. The molecule has 2 unspecified atom stereocenters. The number of nitrogens with one attached hydrogen (secondary N) is 1. The molecule has 0 aromatic rings. The second-order valence-corrected chi connectivity index (χ2v) is 3.04. The summed E-state index contributed by atoms with van der Waals surface area (Å²) in [5.41, 5.74) is -1.67. The van der Waals surface area contributed by atoms with E-state index in [1.54, 1.807) is 0 Å². The number of hydrogen-bond acceptors (Lipinski definition) is 6. The first kappa shape index (κ1) is 11.1. The molecule has 0 saturated carbocycles. The monoisotopic (exact) mass is 210 g/mol. The molecule has 0 spiro atoms. The Morgan fingerprint density at radius 1 is 1.67 bits per heavy atom. The maximum Gasteiger partial charge on any atom is 0.358 e. The van der Waals surface area contributed by atoms with E-state index in [0.717, 1.165) is 7.11 Å². The van der Waals surface area contributed by atoms with Crippen molar-refractivity contribution in [1.82, 2.24) is 5.32 Å². The van der Waals surface area contributed by atoms with E-state index in [-0.39, 0.29) is 6.54 Å². The number of azo groups is 1. The SMILES string of the molecule is COC(=O)C1(NC(C)=O)N=NCC1C#N. The predicted molar refractivity (Wildman–Crippen MR) is 47.4 cm³/mol. The molecule has 1 aliphatic rings. The van der Waals surface area contributed by atoms with E-state index >= 15 is 0 Å². The Morgan fingerprint density at radius 3 is 2.80 bits per heavy atom. The number of esters is 1. The van der Waals surface area contributed by atoms with Gasteiger partial charge >= 0.3 is 5.97 Å². The molecular weight excluding hydrogens is 200 g/mol. The van der Waals surface area contributed by atoms with Crippen molar-refractivity contribution in [3.05, 3.63) is 0 Å². The lowest BCUT2D eigenvalue weighted by Crippen LogP contribution is -2.56. The molecule has 1 rings (SSSR count). The maximum absolute atomic E-state index is 11.5. The summed E-state index contributed by atoms with van der Waals surface area (Å²) in [4.78, 5) is 22.5. The van der Waals surface area contributed by atoms with Crippen LogP contribution in [0.15, 0.2) is 10.2 Å². The van der Waals surface area contributed by atoms with Crippen LogP contribution in [0, 0.1) is 17.2 Å². The largest absolute Gasteiger partial charge is 0.466 e. The van der Waals surface area contributed by atoms with Crippen molar-refractivity contribution in [3.63, 3.8) is 0 Å². The van der Waals surface area contributed by atoms with Gasteiger partial charge in [0.1, 0.15) is 5.92 Å². The van der Waals surface area contributed by atoms with Crippen molar-refractivity contribution in [3.8, 4) is 6.07 Å². The molecule has 0 bridgehead atoms. The van der Waals surface area contributed by atoms with Crippen LogP contribution >= 0.6 is 0 Å². The van der Waals surface area contributed by atoms with E-state index in [1.807, 2.05) is 6.07 Å². The summed E-state index contributed by atoms with van der Waals surface area (Å²) in [5, 5.41) is 18.4. The van der Waals surface area contributed by atoms with Crippen molar-refractivity contribution in [2.75, 3.05) is 13.7 Å². The summed E-state index contributed by atoms with van der Waals surface area (Å²) in [5.74, 6) is -2.08. The fourth-order valence-corrected chi connectivity index (χ4v) is 1.34. The molecule has 0 aliphatic carbocycles. The Labute approximate surface area is 86.1 Å². The van der Waals surface area contributed by atoms with Gasteiger partial charge in [0.15, 0.2) is 0 Å². The molecule has 1 aliphatic heterocycles. The van der Waals surface area contributed by atoms with Gasteiger partial charge in [0.25, 0.3) is 5.66 Å². The number of carbonyl (C=O) groups is 2. The van der Waals surface area contributed by atoms with Gasteiger partial charge < -0.3 is 10.1 Å². The van der Waals surface area contributed by atoms with Gasteiger partial charge in [-0.1, -0.05) is 0 Å². The quantitative estimate of drug-likeness (QED) is 0.626. The van der Waals surface area contributed by atoms with Crippen LogP contribution in [-0.4, -0.2) is 31.2 Å². The zero-order chi connectivity index (χ0) is 11.5. The number of nitrogens with zero attached hydrogens (tertiary/aromatic N) is 3. The molecule has 1 heterocycles. The Kier molecular flexibility index (Phi) is 2.99. The van der Waals surface area contributed by atoms with E-state index in [1.165, 1.54) is 6.92 Å². The fraction of sp³-hybridized carbons (Fsp3) is 0.625. The van der Waals surface area contributed by atoms with Crippen LogP contribution in [0.3, 0.4) is 0 Å². The van der Waals surface area contributed by atoms with Crippen molar-refractivity contribution >= 4 is 11.9 Å². The topological polar surface area (TPSA) is 104 Å². The van der Waals surface area contributed by atoms with Crippen LogP contribution in [0.2, 0.25) is 0 Å². The van der Waals surface area contributed by atoms with E-state index in [4.69, 9.17) is 5.26 Å². The van der Waals surface area contributed by atoms with Crippen LogP contribution in [0.5, 0.6) is 0 Å². The zero-order valence-electron chi connectivity index (χ0n) is 8.35. The molecule has 0 aromatic carbocycles. The number of carbonyl (C=O) groups excluding carboxylic acids is 2.